The van der Waals surface area contributed by atoms with Crippen molar-refractivity contribution in [2.24, 2.45) is 5.73 Å². The first-order valence-corrected chi connectivity index (χ1v) is 8.80. The molecule has 7 heteroatoms. The summed E-state index contributed by atoms with van der Waals surface area (Å²) in [6.07, 6.45) is -0.736. The van der Waals surface area contributed by atoms with Crippen LogP contribution >= 0.6 is 15.9 Å². The molecular formula is C19H17BrF2N2O2. The van der Waals surface area contributed by atoms with Crippen molar-refractivity contribution in [3.8, 4) is 11.8 Å². The number of nitrogens with two attached hydrogens (primary N) is 1. The van der Waals surface area contributed by atoms with Crippen LogP contribution in [0.15, 0.2) is 53.0 Å². The Balaban J connectivity index is 2.04. The number of hydrogen-bond donors (Lipinski definition) is 1. The highest BCUT2D eigenvalue weighted by atomic mass is 79.9. The van der Waals surface area contributed by atoms with Crippen LogP contribution in [0.4, 0.5) is 8.78 Å². The second kappa shape index (κ2) is 7.31. The van der Waals surface area contributed by atoms with Gasteiger partial charge >= 0.3 is 0 Å². The molecule has 0 spiro atoms. The van der Waals surface area contributed by atoms with E-state index in [4.69, 9.17) is 20.5 Å². The molecule has 0 saturated heterocycles. The molecule has 4 nitrogen and oxygen atoms in total. The predicted octanol–water partition coefficient (Wildman–Crippen LogP) is 4.30. The van der Waals surface area contributed by atoms with Crippen LogP contribution in [0.2, 0.25) is 0 Å². The normalized spacial score (nSPS) is 22.2. The van der Waals surface area contributed by atoms with Crippen LogP contribution in [0, 0.1) is 11.3 Å². The maximum absolute atomic E-state index is 15.1. The van der Waals surface area contributed by atoms with E-state index in [-0.39, 0.29) is 12.0 Å². The topological polar surface area (TPSA) is 68.3 Å². The summed E-state index contributed by atoms with van der Waals surface area (Å²) in [5.41, 5.74) is 5.29. The number of rotatable bonds is 5. The zero-order valence-electron chi connectivity index (χ0n) is 13.8. The van der Waals surface area contributed by atoms with E-state index in [0.29, 0.717) is 10.2 Å². The molecule has 1 aliphatic rings. The Morgan fingerprint density at radius 2 is 2.04 bits per heavy atom. The average molecular weight is 423 g/mol. The van der Waals surface area contributed by atoms with Gasteiger partial charge in [0.05, 0.1) is 6.07 Å². The van der Waals surface area contributed by atoms with E-state index in [9.17, 15) is 0 Å². The van der Waals surface area contributed by atoms with Gasteiger partial charge in [0.1, 0.15) is 30.6 Å². The van der Waals surface area contributed by atoms with Crippen LogP contribution in [-0.2, 0) is 10.3 Å². The van der Waals surface area contributed by atoms with Gasteiger partial charge < -0.3 is 15.2 Å². The fourth-order valence-electron chi connectivity index (χ4n) is 3.10. The second-order valence-corrected chi connectivity index (χ2v) is 7.10. The summed E-state index contributed by atoms with van der Waals surface area (Å²) in [7, 11) is 0. The largest absolute Gasteiger partial charge is 0.485 e. The molecule has 0 aliphatic carbocycles. The lowest BCUT2D eigenvalue weighted by molar-refractivity contribution is -0.143. The number of halogens is 3. The minimum Gasteiger partial charge on any atom is -0.485 e. The molecule has 0 bridgehead atoms. The highest BCUT2D eigenvalue weighted by molar-refractivity contribution is 9.10. The SMILES string of the molecule is N#CCOCC(F)(F)[C@@]1(N)CC(c2ccccc2)Oc2ccc(Br)cc21. The van der Waals surface area contributed by atoms with E-state index in [0.717, 1.165) is 5.56 Å². The fraction of sp³-hybridized carbons (Fsp3) is 0.316. The van der Waals surface area contributed by atoms with Gasteiger partial charge in [0.15, 0.2) is 0 Å². The molecule has 2 atom stereocenters. The highest BCUT2D eigenvalue weighted by Crippen LogP contribution is 2.50. The summed E-state index contributed by atoms with van der Waals surface area (Å²) in [5.74, 6) is -3.08. The molecule has 3 rings (SSSR count). The van der Waals surface area contributed by atoms with Crippen LogP contribution in [0.25, 0.3) is 0 Å². The molecule has 0 amide bonds. The quantitative estimate of drug-likeness (QED) is 0.729. The van der Waals surface area contributed by atoms with Crippen molar-refractivity contribution in [1.29, 1.82) is 5.26 Å². The van der Waals surface area contributed by atoms with Crippen molar-refractivity contribution in [2.75, 3.05) is 13.2 Å². The zero-order chi connectivity index (χ0) is 18.8. The van der Waals surface area contributed by atoms with Gasteiger partial charge in [0.2, 0.25) is 0 Å². The number of ether oxygens (including phenoxy) is 2. The lowest BCUT2D eigenvalue weighted by atomic mass is 9.76. The van der Waals surface area contributed by atoms with Gasteiger partial charge in [0, 0.05) is 16.5 Å². The van der Waals surface area contributed by atoms with Gasteiger partial charge in [-0.3, -0.25) is 0 Å². The van der Waals surface area contributed by atoms with Gasteiger partial charge in [0.25, 0.3) is 5.92 Å². The average Bonchev–Trinajstić information content (AvgIpc) is 2.63. The molecule has 0 fully saturated rings. The summed E-state index contributed by atoms with van der Waals surface area (Å²) in [4.78, 5) is 0. The van der Waals surface area contributed by atoms with E-state index in [1.165, 1.54) is 0 Å². The first-order valence-electron chi connectivity index (χ1n) is 8.00. The number of nitrogens with zero attached hydrogens (tertiary/aromatic N) is 1. The number of hydrogen-bond acceptors (Lipinski definition) is 4. The first kappa shape index (κ1) is 18.8. The van der Waals surface area contributed by atoms with Crippen molar-refractivity contribution in [2.45, 2.75) is 24.0 Å². The summed E-state index contributed by atoms with van der Waals surface area (Å²) in [6.45, 7) is -1.36. The van der Waals surface area contributed by atoms with Crippen LogP contribution in [-0.4, -0.2) is 19.1 Å². The number of nitriles is 1. The van der Waals surface area contributed by atoms with Crippen LogP contribution in [0.5, 0.6) is 5.75 Å². The predicted molar refractivity (Wildman–Crippen MR) is 95.8 cm³/mol. The third kappa shape index (κ3) is 3.45. The molecule has 2 aromatic rings. The van der Waals surface area contributed by atoms with Gasteiger partial charge in [-0.25, -0.2) is 8.78 Å². The van der Waals surface area contributed by atoms with E-state index in [1.807, 2.05) is 30.3 Å². The summed E-state index contributed by atoms with van der Waals surface area (Å²) in [5, 5.41) is 8.55. The smallest absolute Gasteiger partial charge is 0.292 e. The Bertz CT molecular complexity index is 826. The molecule has 1 aliphatic heterocycles. The minimum atomic E-state index is -3.39. The zero-order valence-corrected chi connectivity index (χ0v) is 15.4. The molecule has 1 heterocycles. The van der Waals surface area contributed by atoms with Crippen LogP contribution in [0.1, 0.15) is 23.7 Å². The molecule has 26 heavy (non-hydrogen) atoms. The Hall–Kier alpha value is -2.01. The monoisotopic (exact) mass is 422 g/mol. The van der Waals surface area contributed by atoms with Gasteiger partial charge in [-0.2, -0.15) is 5.26 Å². The number of alkyl halides is 2. The summed E-state index contributed by atoms with van der Waals surface area (Å²) in [6, 6.07) is 15.7. The van der Waals surface area contributed by atoms with Crippen molar-refractivity contribution in [1.82, 2.24) is 0 Å². The lowest BCUT2D eigenvalue weighted by Crippen LogP contribution is -2.57. The Kier molecular flexibility index (Phi) is 5.28. The number of fused-ring (bicyclic) bond motifs is 1. The molecule has 136 valence electrons. The van der Waals surface area contributed by atoms with Crippen LogP contribution in [0.3, 0.4) is 0 Å². The molecule has 0 radical (unpaired) electrons. The fourth-order valence-corrected chi connectivity index (χ4v) is 3.47. The number of benzene rings is 2. The van der Waals surface area contributed by atoms with E-state index >= 15 is 8.78 Å². The van der Waals surface area contributed by atoms with E-state index in [2.05, 4.69) is 15.9 Å². The third-order valence-corrected chi connectivity index (χ3v) is 4.97. The molecule has 0 saturated carbocycles. The Morgan fingerprint density at radius 1 is 1.31 bits per heavy atom. The van der Waals surface area contributed by atoms with E-state index in [1.54, 1.807) is 24.3 Å². The van der Waals surface area contributed by atoms with Gasteiger partial charge in [-0.05, 0) is 23.8 Å². The Labute approximate surface area is 158 Å². The van der Waals surface area contributed by atoms with Crippen molar-refractivity contribution < 1.29 is 18.3 Å². The molecule has 1 unspecified atom stereocenters. The molecule has 0 aromatic heterocycles. The third-order valence-electron chi connectivity index (χ3n) is 4.47. The second-order valence-electron chi connectivity index (χ2n) is 6.19. The van der Waals surface area contributed by atoms with Crippen LogP contribution < -0.4 is 10.5 Å². The van der Waals surface area contributed by atoms with Gasteiger partial charge in [-0.1, -0.05) is 46.3 Å². The first-order chi connectivity index (χ1) is 12.4. The van der Waals surface area contributed by atoms with Gasteiger partial charge in [-0.15, -0.1) is 0 Å². The standard InChI is InChI=1S/C19H17BrF2N2O2/c20-14-6-7-16-15(10-14)18(24,19(21,22)12-25-9-8-23)11-17(26-16)13-4-2-1-3-5-13/h1-7,10,17H,9,11-12,24H2/t17?,18-/m1/s1. The Morgan fingerprint density at radius 3 is 2.73 bits per heavy atom. The molecular weight excluding hydrogens is 406 g/mol. The van der Waals surface area contributed by atoms with Crippen molar-refractivity contribution >= 4 is 15.9 Å². The maximum atomic E-state index is 15.1. The minimum absolute atomic E-state index is 0.122. The molecule has 2 aromatic carbocycles. The summed E-state index contributed by atoms with van der Waals surface area (Å²) >= 11 is 3.30. The lowest BCUT2D eigenvalue weighted by Gasteiger charge is -2.44. The van der Waals surface area contributed by atoms with Crippen molar-refractivity contribution in [3.05, 3.63) is 64.1 Å². The van der Waals surface area contributed by atoms with E-state index < -0.39 is 30.8 Å². The summed E-state index contributed by atoms with van der Waals surface area (Å²) < 4.78 is 41.6. The highest BCUT2D eigenvalue weighted by Gasteiger charge is 2.56. The van der Waals surface area contributed by atoms with Crippen molar-refractivity contribution in [3.63, 3.8) is 0 Å². The molecule has 2 N–H and O–H groups in total. The maximum Gasteiger partial charge on any atom is 0.292 e.